The molecular weight excluding hydrogens is 406 g/mol. The second-order valence-electron chi connectivity index (χ2n) is 7.02. The lowest BCUT2D eigenvalue weighted by Gasteiger charge is -2.24. The quantitative estimate of drug-likeness (QED) is 0.239. The topological polar surface area (TPSA) is 81.7 Å². The van der Waals surface area contributed by atoms with E-state index in [2.05, 4.69) is 11.9 Å². The summed E-state index contributed by atoms with van der Waals surface area (Å²) in [5.74, 6) is -0.279. The Morgan fingerprint density at radius 2 is 1.41 bits per heavy atom. The van der Waals surface area contributed by atoms with E-state index < -0.39 is 18.3 Å². The molecule has 6 nitrogen and oxygen atoms in total. The van der Waals surface area contributed by atoms with Crippen LogP contribution in [0.25, 0.3) is 0 Å². The third-order valence-electron chi connectivity index (χ3n) is 4.71. The van der Waals surface area contributed by atoms with Crippen molar-refractivity contribution in [3.05, 3.63) is 114 Å². The van der Waals surface area contributed by atoms with Gasteiger partial charge < -0.3 is 14.8 Å². The monoisotopic (exact) mass is 429 g/mol. The fourth-order valence-electron chi connectivity index (χ4n) is 3.11. The number of rotatable bonds is 8. The molecule has 0 radical (unpaired) electrons. The maximum Gasteiger partial charge on any atom is 0.514 e. The third-order valence-corrected chi connectivity index (χ3v) is 4.71. The smallest absolute Gasteiger partial charge is 0.424 e. The minimum Gasteiger partial charge on any atom is -0.424 e. The molecule has 2 unspecified atom stereocenters. The van der Waals surface area contributed by atoms with E-state index in [1.807, 2.05) is 24.3 Å². The van der Waals surface area contributed by atoms with Gasteiger partial charge >= 0.3 is 6.16 Å². The van der Waals surface area contributed by atoms with Gasteiger partial charge in [0.15, 0.2) is 11.9 Å². The highest BCUT2D eigenvalue weighted by Gasteiger charge is 2.25. The first-order chi connectivity index (χ1) is 15.5. The summed E-state index contributed by atoms with van der Waals surface area (Å²) in [6, 6.07) is 23.6. The highest BCUT2D eigenvalue weighted by molar-refractivity contribution is 6.09. The molecule has 0 saturated heterocycles. The molecule has 0 fully saturated rings. The molecule has 3 aromatic rings. The molecule has 3 rings (SSSR count). The Balaban J connectivity index is 1.68. The van der Waals surface area contributed by atoms with E-state index in [9.17, 15) is 14.4 Å². The molecule has 0 aliphatic heterocycles. The summed E-state index contributed by atoms with van der Waals surface area (Å²) in [5.41, 5.74) is 1.74. The van der Waals surface area contributed by atoms with E-state index in [0.717, 1.165) is 6.08 Å². The van der Waals surface area contributed by atoms with Crippen molar-refractivity contribution in [1.82, 2.24) is 5.32 Å². The maximum atomic E-state index is 12.5. The van der Waals surface area contributed by atoms with Crippen molar-refractivity contribution in [2.75, 3.05) is 0 Å². The number of hydrogen-bond acceptors (Lipinski definition) is 5. The van der Waals surface area contributed by atoms with E-state index in [1.54, 1.807) is 55.5 Å². The molecule has 3 aromatic carbocycles. The molecule has 0 saturated carbocycles. The molecule has 1 N–H and O–H groups in total. The minimum absolute atomic E-state index is 0.129. The number of ketones is 1. The first-order valence-electron chi connectivity index (χ1n) is 10.0. The standard InChI is InChI=1S/C26H23NO5/c1-3-23(28)27-18(2)25(21-12-8-5-9-13-21)32-26(30)31-22-16-14-20(15-17-22)24(29)19-10-6-4-7-11-19/h3-18,25H,1H2,2H3,(H,27,28). The Hall–Kier alpha value is -4.19. The van der Waals surface area contributed by atoms with Gasteiger partial charge in [-0.25, -0.2) is 4.79 Å². The van der Waals surface area contributed by atoms with Gasteiger partial charge in [0, 0.05) is 11.1 Å². The molecule has 0 aromatic heterocycles. The molecule has 0 heterocycles. The van der Waals surface area contributed by atoms with Crippen LogP contribution in [-0.4, -0.2) is 23.9 Å². The Morgan fingerprint density at radius 1 is 0.844 bits per heavy atom. The Morgan fingerprint density at radius 3 is 2.00 bits per heavy atom. The minimum atomic E-state index is -0.930. The highest BCUT2D eigenvalue weighted by atomic mass is 16.7. The van der Waals surface area contributed by atoms with Crippen molar-refractivity contribution in [3.8, 4) is 5.75 Å². The number of nitrogens with one attached hydrogen (secondary N) is 1. The highest BCUT2D eigenvalue weighted by Crippen LogP contribution is 2.23. The lowest BCUT2D eigenvalue weighted by Crippen LogP contribution is -2.38. The summed E-state index contributed by atoms with van der Waals surface area (Å²) < 4.78 is 10.8. The van der Waals surface area contributed by atoms with E-state index >= 15 is 0 Å². The molecule has 2 atom stereocenters. The van der Waals surface area contributed by atoms with Gasteiger partial charge in [-0.15, -0.1) is 0 Å². The number of carbonyl (C=O) groups excluding carboxylic acids is 3. The molecule has 0 aliphatic rings. The number of benzene rings is 3. The van der Waals surface area contributed by atoms with Crippen LogP contribution in [0.4, 0.5) is 4.79 Å². The van der Waals surface area contributed by atoms with Gasteiger partial charge in [0.1, 0.15) is 5.75 Å². The Bertz CT molecular complexity index is 1080. The van der Waals surface area contributed by atoms with Crippen molar-refractivity contribution < 1.29 is 23.9 Å². The van der Waals surface area contributed by atoms with Crippen LogP contribution in [0.1, 0.15) is 34.5 Å². The van der Waals surface area contributed by atoms with Crippen LogP contribution in [-0.2, 0) is 9.53 Å². The normalized spacial score (nSPS) is 12.2. The molecule has 6 heteroatoms. The van der Waals surface area contributed by atoms with Gasteiger partial charge in [0.05, 0.1) is 6.04 Å². The van der Waals surface area contributed by atoms with Crippen LogP contribution in [0.3, 0.4) is 0 Å². The second kappa shape index (κ2) is 10.7. The van der Waals surface area contributed by atoms with Crippen molar-refractivity contribution in [3.63, 3.8) is 0 Å². The molecule has 0 aliphatic carbocycles. The largest absolute Gasteiger partial charge is 0.514 e. The number of hydrogen-bond donors (Lipinski definition) is 1. The van der Waals surface area contributed by atoms with Crippen LogP contribution < -0.4 is 10.1 Å². The van der Waals surface area contributed by atoms with Gasteiger partial charge in [-0.1, -0.05) is 67.2 Å². The Kier molecular flexibility index (Phi) is 7.54. The van der Waals surface area contributed by atoms with Crippen molar-refractivity contribution in [1.29, 1.82) is 0 Å². The fraction of sp³-hybridized carbons (Fsp3) is 0.115. The molecular formula is C26H23NO5. The van der Waals surface area contributed by atoms with Gasteiger partial charge in [-0.2, -0.15) is 0 Å². The first-order valence-corrected chi connectivity index (χ1v) is 10.0. The zero-order valence-electron chi connectivity index (χ0n) is 17.6. The van der Waals surface area contributed by atoms with Crippen molar-refractivity contribution >= 4 is 17.8 Å². The van der Waals surface area contributed by atoms with E-state index in [1.165, 1.54) is 12.1 Å². The number of amides is 1. The maximum absolute atomic E-state index is 12.5. The van der Waals surface area contributed by atoms with Crippen molar-refractivity contribution in [2.45, 2.75) is 19.1 Å². The average Bonchev–Trinajstić information content (AvgIpc) is 2.83. The van der Waals surface area contributed by atoms with Crippen LogP contribution in [0.5, 0.6) is 5.75 Å². The Labute approximate surface area is 186 Å². The van der Waals surface area contributed by atoms with Gasteiger partial charge in [-0.05, 0) is 42.8 Å². The molecule has 0 bridgehead atoms. The van der Waals surface area contributed by atoms with E-state index in [0.29, 0.717) is 16.7 Å². The molecule has 32 heavy (non-hydrogen) atoms. The summed E-state index contributed by atoms with van der Waals surface area (Å²) in [4.78, 5) is 36.6. The first kappa shape index (κ1) is 22.5. The number of ether oxygens (including phenoxy) is 2. The van der Waals surface area contributed by atoms with Crippen LogP contribution in [0.15, 0.2) is 97.6 Å². The summed E-state index contributed by atoms with van der Waals surface area (Å²) in [5, 5.41) is 2.71. The van der Waals surface area contributed by atoms with Crippen LogP contribution in [0.2, 0.25) is 0 Å². The third kappa shape index (κ3) is 5.92. The second-order valence-corrected chi connectivity index (χ2v) is 7.02. The van der Waals surface area contributed by atoms with Gasteiger partial charge in [-0.3, -0.25) is 9.59 Å². The number of carbonyl (C=O) groups is 3. The van der Waals surface area contributed by atoms with Crippen molar-refractivity contribution in [2.24, 2.45) is 0 Å². The van der Waals surface area contributed by atoms with E-state index in [-0.39, 0.29) is 17.4 Å². The lowest BCUT2D eigenvalue weighted by molar-refractivity contribution is -0.118. The summed E-state index contributed by atoms with van der Waals surface area (Å²) >= 11 is 0. The predicted octanol–water partition coefficient (Wildman–Crippen LogP) is 4.87. The van der Waals surface area contributed by atoms with Gasteiger partial charge in [0.25, 0.3) is 0 Å². The summed E-state index contributed by atoms with van der Waals surface area (Å²) in [7, 11) is 0. The lowest BCUT2D eigenvalue weighted by atomic mass is 10.0. The zero-order chi connectivity index (χ0) is 22.9. The van der Waals surface area contributed by atoms with Crippen LogP contribution >= 0.6 is 0 Å². The van der Waals surface area contributed by atoms with E-state index in [4.69, 9.17) is 9.47 Å². The SMILES string of the molecule is C=CC(=O)NC(C)C(OC(=O)Oc1ccc(C(=O)c2ccccc2)cc1)c1ccccc1. The summed E-state index contributed by atoms with van der Waals surface area (Å²) in [6.45, 7) is 5.15. The van der Waals surface area contributed by atoms with Crippen LogP contribution in [0, 0.1) is 0 Å². The average molecular weight is 429 g/mol. The molecule has 162 valence electrons. The zero-order valence-corrected chi connectivity index (χ0v) is 17.6. The molecule has 0 spiro atoms. The molecule has 1 amide bonds. The predicted molar refractivity (Wildman–Crippen MR) is 120 cm³/mol. The summed E-state index contributed by atoms with van der Waals surface area (Å²) in [6.07, 6.45) is -0.554. The fourth-order valence-corrected chi connectivity index (χ4v) is 3.11. The van der Waals surface area contributed by atoms with Gasteiger partial charge in [0.2, 0.25) is 5.91 Å².